The van der Waals surface area contributed by atoms with Gasteiger partial charge in [0.05, 0.1) is 31.8 Å². The Kier molecular flexibility index (Phi) is 12.9. The Morgan fingerprint density at radius 2 is 1.43 bits per heavy atom. The van der Waals surface area contributed by atoms with Gasteiger partial charge in [0, 0.05) is 24.7 Å². The molecular formula is C37H38O10. The van der Waals surface area contributed by atoms with Crippen LogP contribution in [-0.2, 0) is 32.0 Å². The van der Waals surface area contributed by atoms with Crippen molar-refractivity contribution in [1.82, 2.24) is 0 Å². The summed E-state index contributed by atoms with van der Waals surface area (Å²) in [5, 5.41) is 0. The molecule has 246 valence electrons. The van der Waals surface area contributed by atoms with Gasteiger partial charge in [-0.1, -0.05) is 62.4 Å². The summed E-state index contributed by atoms with van der Waals surface area (Å²) in [7, 11) is 3.00. The highest BCUT2D eigenvalue weighted by atomic mass is 16.7. The summed E-state index contributed by atoms with van der Waals surface area (Å²) in [6, 6.07) is 26.4. The van der Waals surface area contributed by atoms with Crippen molar-refractivity contribution in [3.05, 3.63) is 119 Å². The summed E-state index contributed by atoms with van der Waals surface area (Å²) in [5.41, 5.74) is 2.44. The maximum atomic E-state index is 13.3. The molecule has 0 fully saturated rings. The molecule has 0 atom stereocenters. The molecule has 4 aromatic rings. The molecule has 0 aliphatic heterocycles. The van der Waals surface area contributed by atoms with Crippen molar-refractivity contribution in [3.63, 3.8) is 0 Å². The minimum Gasteiger partial charge on any atom is -0.496 e. The van der Waals surface area contributed by atoms with Gasteiger partial charge in [-0.05, 0) is 48.0 Å². The third-order valence-electron chi connectivity index (χ3n) is 6.84. The molecule has 0 heterocycles. The van der Waals surface area contributed by atoms with Crippen molar-refractivity contribution >= 4 is 17.9 Å². The lowest BCUT2D eigenvalue weighted by Gasteiger charge is -2.18. The van der Waals surface area contributed by atoms with Gasteiger partial charge in [-0.2, -0.15) is 0 Å². The van der Waals surface area contributed by atoms with Crippen molar-refractivity contribution in [2.24, 2.45) is 5.92 Å². The van der Waals surface area contributed by atoms with Crippen molar-refractivity contribution in [2.45, 2.75) is 26.9 Å². The van der Waals surface area contributed by atoms with E-state index in [1.807, 2.05) is 36.4 Å². The normalized spacial score (nSPS) is 10.7. The van der Waals surface area contributed by atoms with Crippen LogP contribution in [0.15, 0.2) is 91.0 Å². The fraction of sp³-hybridized carbons (Fsp3) is 0.270. The van der Waals surface area contributed by atoms with Crippen LogP contribution in [0.25, 0.3) is 0 Å². The van der Waals surface area contributed by atoms with Gasteiger partial charge in [0.2, 0.25) is 0 Å². The molecule has 10 heteroatoms. The first kappa shape index (κ1) is 34.7. The standard InChI is InChI=1S/C37H38O10/c1-25(2)35(38)47-37(40)32-22-31(44-23-26-11-7-5-8-12-26)21-29(34(32)42-4)19-28-20-30(46-36(39)27-13-9-6-10-14-27)15-16-33(28)45-24-43-18-17-41-3/h5-16,20-22,25H,17-19,23-24H2,1-4H3. The fourth-order valence-corrected chi connectivity index (χ4v) is 4.42. The maximum absolute atomic E-state index is 13.3. The van der Waals surface area contributed by atoms with Crippen LogP contribution in [0.4, 0.5) is 0 Å². The van der Waals surface area contributed by atoms with Crippen LogP contribution in [0.2, 0.25) is 0 Å². The minimum atomic E-state index is -0.875. The molecule has 0 bridgehead atoms. The Balaban J connectivity index is 1.71. The minimum absolute atomic E-state index is 0.0130. The van der Waals surface area contributed by atoms with Gasteiger partial charge >= 0.3 is 17.9 Å². The van der Waals surface area contributed by atoms with Crippen molar-refractivity contribution < 1.29 is 47.5 Å². The fourth-order valence-electron chi connectivity index (χ4n) is 4.42. The van der Waals surface area contributed by atoms with Crippen LogP contribution in [0.3, 0.4) is 0 Å². The quantitative estimate of drug-likeness (QED) is 0.0446. The van der Waals surface area contributed by atoms with Crippen LogP contribution in [0.5, 0.6) is 23.0 Å². The average Bonchev–Trinajstić information content (AvgIpc) is 3.08. The molecule has 0 radical (unpaired) electrons. The number of hydrogen-bond acceptors (Lipinski definition) is 10. The van der Waals surface area contributed by atoms with E-state index in [-0.39, 0.29) is 36.9 Å². The Morgan fingerprint density at radius 1 is 0.723 bits per heavy atom. The summed E-state index contributed by atoms with van der Waals surface area (Å²) in [6.45, 7) is 4.16. The second-order valence-electron chi connectivity index (χ2n) is 10.7. The molecule has 0 aromatic heterocycles. The van der Waals surface area contributed by atoms with Gasteiger partial charge in [0.1, 0.15) is 35.2 Å². The molecule has 0 aliphatic carbocycles. The molecule has 0 spiro atoms. The molecule has 4 aromatic carbocycles. The molecule has 10 nitrogen and oxygen atoms in total. The summed E-state index contributed by atoms with van der Waals surface area (Å²) < 4.78 is 39.1. The highest BCUT2D eigenvalue weighted by Crippen LogP contribution is 2.35. The topological polar surface area (TPSA) is 116 Å². The van der Waals surface area contributed by atoms with Gasteiger partial charge in [-0.15, -0.1) is 0 Å². The number of rotatable bonds is 16. The molecule has 0 N–H and O–H groups in total. The highest BCUT2D eigenvalue weighted by Gasteiger charge is 2.24. The molecule has 0 saturated carbocycles. The lowest BCUT2D eigenvalue weighted by atomic mass is 9.99. The maximum Gasteiger partial charge on any atom is 0.349 e. The van der Waals surface area contributed by atoms with E-state index in [2.05, 4.69) is 0 Å². The number of esters is 3. The smallest absolute Gasteiger partial charge is 0.349 e. The molecule has 0 aliphatic rings. The number of hydrogen-bond donors (Lipinski definition) is 0. The molecule has 0 saturated heterocycles. The predicted octanol–water partition coefficient (Wildman–Crippen LogP) is 6.42. The second-order valence-corrected chi connectivity index (χ2v) is 10.7. The Hall–Kier alpha value is -5.19. The van der Waals surface area contributed by atoms with E-state index < -0.39 is 23.8 Å². The van der Waals surface area contributed by atoms with Crippen LogP contribution >= 0.6 is 0 Å². The summed E-state index contributed by atoms with van der Waals surface area (Å²) in [4.78, 5) is 38.5. The van der Waals surface area contributed by atoms with E-state index in [1.165, 1.54) is 13.2 Å². The third-order valence-corrected chi connectivity index (χ3v) is 6.84. The first-order valence-corrected chi connectivity index (χ1v) is 15.0. The Bertz CT molecular complexity index is 1630. The van der Waals surface area contributed by atoms with Crippen molar-refractivity contribution in [2.75, 3.05) is 34.2 Å². The van der Waals surface area contributed by atoms with E-state index in [9.17, 15) is 14.4 Å². The molecule has 0 unspecified atom stereocenters. The molecule has 0 amide bonds. The van der Waals surface area contributed by atoms with Gasteiger partial charge in [0.25, 0.3) is 0 Å². The predicted molar refractivity (Wildman–Crippen MR) is 173 cm³/mol. The number of methoxy groups -OCH3 is 2. The monoisotopic (exact) mass is 642 g/mol. The zero-order valence-corrected chi connectivity index (χ0v) is 26.9. The summed E-state index contributed by atoms with van der Waals surface area (Å²) in [6.07, 6.45) is 0.147. The van der Waals surface area contributed by atoms with Gasteiger partial charge in [-0.25, -0.2) is 9.59 Å². The lowest BCUT2D eigenvalue weighted by Crippen LogP contribution is -2.18. The van der Waals surface area contributed by atoms with Crippen molar-refractivity contribution in [3.8, 4) is 23.0 Å². The van der Waals surface area contributed by atoms with Gasteiger partial charge < -0.3 is 33.2 Å². The number of benzene rings is 4. The summed E-state index contributed by atoms with van der Waals surface area (Å²) in [5.74, 6) is -1.33. The van der Waals surface area contributed by atoms with E-state index in [0.29, 0.717) is 41.4 Å². The largest absolute Gasteiger partial charge is 0.496 e. The first-order chi connectivity index (χ1) is 22.8. The van der Waals surface area contributed by atoms with E-state index >= 15 is 0 Å². The van der Waals surface area contributed by atoms with Gasteiger partial charge in [-0.3, -0.25) is 4.79 Å². The number of carbonyl (C=O) groups is 3. The Morgan fingerprint density at radius 3 is 2.11 bits per heavy atom. The summed E-state index contributed by atoms with van der Waals surface area (Å²) >= 11 is 0. The third kappa shape index (κ3) is 10.2. The van der Waals surface area contributed by atoms with Crippen LogP contribution < -0.4 is 18.9 Å². The van der Waals surface area contributed by atoms with E-state index in [0.717, 1.165) is 5.56 Å². The second kappa shape index (κ2) is 17.5. The molecule has 4 rings (SSSR count). The number of carbonyl (C=O) groups excluding carboxylic acids is 3. The highest BCUT2D eigenvalue weighted by molar-refractivity contribution is 6.00. The zero-order valence-electron chi connectivity index (χ0n) is 26.9. The SMILES string of the molecule is COCCOCOc1ccc(OC(=O)c2ccccc2)cc1Cc1cc(OCc2ccccc2)cc(C(=O)OC(=O)C(C)C)c1OC. The van der Waals surface area contributed by atoms with Crippen molar-refractivity contribution in [1.29, 1.82) is 0 Å². The lowest BCUT2D eigenvalue weighted by molar-refractivity contribution is -0.141. The van der Waals surface area contributed by atoms with Gasteiger partial charge in [0.15, 0.2) is 6.79 Å². The van der Waals surface area contributed by atoms with E-state index in [1.54, 1.807) is 69.5 Å². The van der Waals surface area contributed by atoms with Crippen LogP contribution in [-0.4, -0.2) is 52.1 Å². The Labute approximate surface area is 274 Å². The van der Waals surface area contributed by atoms with Crippen LogP contribution in [0.1, 0.15) is 51.3 Å². The zero-order chi connectivity index (χ0) is 33.6. The van der Waals surface area contributed by atoms with Crippen LogP contribution in [0, 0.1) is 5.92 Å². The first-order valence-electron chi connectivity index (χ1n) is 15.0. The molecule has 47 heavy (non-hydrogen) atoms. The molecular weight excluding hydrogens is 604 g/mol. The average molecular weight is 643 g/mol. The van der Waals surface area contributed by atoms with E-state index in [4.69, 9.17) is 33.2 Å². The number of ether oxygens (including phenoxy) is 7.